The monoisotopic (exact) mass is 455 g/mol. The van der Waals surface area contributed by atoms with Crippen molar-refractivity contribution in [3.8, 4) is 21.7 Å². The van der Waals surface area contributed by atoms with E-state index in [0.717, 1.165) is 33.1 Å². The van der Waals surface area contributed by atoms with E-state index in [4.69, 9.17) is 4.98 Å². The van der Waals surface area contributed by atoms with E-state index in [1.54, 1.807) is 30.5 Å². The van der Waals surface area contributed by atoms with Crippen molar-refractivity contribution in [1.29, 1.82) is 0 Å². The lowest BCUT2D eigenvalue weighted by Gasteiger charge is -2.13. The third-order valence-corrected chi connectivity index (χ3v) is 7.36. The Hall–Kier alpha value is -3.10. The maximum absolute atomic E-state index is 13.6. The number of aromatic nitrogens is 2. The first-order valence-corrected chi connectivity index (χ1v) is 12.0. The third kappa shape index (κ3) is 4.65. The number of rotatable bonds is 6. The van der Waals surface area contributed by atoms with Gasteiger partial charge >= 0.3 is 0 Å². The van der Waals surface area contributed by atoms with Gasteiger partial charge in [0.1, 0.15) is 17.5 Å². The lowest BCUT2D eigenvalue weighted by molar-refractivity contribution is 0.622. The van der Waals surface area contributed by atoms with Crippen LogP contribution < -0.4 is 4.72 Å². The molecule has 158 valence electrons. The van der Waals surface area contributed by atoms with Crippen LogP contribution in [0.4, 0.5) is 14.6 Å². The van der Waals surface area contributed by atoms with Gasteiger partial charge in [0, 0.05) is 11.8 Å². The van der Waals surface area contributed by atoms with Gasteiger partial charge in [0.25, 0.3) is 0 Å². The molecule has 8 heteroatoms. The summed E-state index contributed by atoms with van der Waals surface area (Å²) in [5.41, 5.74) is 2.38. The molecule has 0 bridgehead atoms. The Bertz CT molecular complexity index is 1330. The highest BCUT2D eigenvalue weighted by atomic mass is 32.2. The van der Waals surface area contributed by atoms with Gasteiger partial charge in [0.05, 0.1) is 30.2 Å². The zero-order valence-corrected chi connectivity index (χ0v) is 18.3. The summed E-state index contributed by atoms with van der Waals surface area (Å²) in [6, 6.07) is 15.3. The van der Waals surface area contributed by atoms with Crippen LogP contribution in [0.1, 0.15) is 11.9 Å². The maximum Gasteiger partial charge on any atom is 0.138 e. The van der Waals surface area contributed by atoms with Crippen LogP contribution in [0.2, 0.25) is 0 Å². The molecule has 0 spiro atoms. The Morgan fingerprint density at radius 2 is 1.81 bits per heavy atom. The molecule has 0 aliphatic carbocycles. The summed E-state index contributed by atoms with van der Waals surface area (Å²) in [5, 5.41) is 0.946. The molecule has 1 atom stereocenters. The molecule has 2 aromatic heterocycles. The molecule has 0 aliphatic rings. The Morgan fingerprint density at radius 1 is 1.03 bits per heavy atom. The van der Waals surface area contributed by atoms with Gasteiger partial charge in [-0.1, -0.05) is 13.0 Å². The molecule has 1 N–H and O–H groups in total. The van der Waals surface area contributed by atoms with E-state index in [1.807, 2.05) is 13.0 Å². The van der Waals surface area contributed by atoms with E-state index in [9.17, 15) is 13.0 Å². The molecule has 4 nitrogen and oxygen atoms in total. The van der Waals surface area contributed by atoms with Gasteiger partial charge in [0.15, 0.2) is 0 Å². The van der Waals surface area contributed by atoms with Crippen molar-refractivity contribution in [3.05, 3.63) is 83.5 Å². The Balaban J connectivity index is 1.72. The van der Waals surface area contributed by atoms with Crippen LogP contribution in [0.15, 0.2) is 71.8 Å². The standard InChI is InChI=1S/C23H19F2N3OS2/c1-3-21-27-22(15-7-9-17(24)10-8-15)23(30-21)16-11-12-26-20(13-16)28-31(2,29)19-6-4-5-18(25)14-19/h4-14H,2-3H2,1H3,(H,26,28,29). The van der Waals surface area contributed by atoms with Gasteiger partial charge in [-0.3, -0.25) is 4.72 Å². The highest BCUT2D eigenvalue weighted by Crippen LogP contribution is 2.37. The molecule has 0 saturated heterocycles. The van der Waals surface area contributed by atoms with Crippen LogP contribution in [0.3, 0.4) is 0 Å². The molecule has 0 fully saturated rings. The fourth-order valence-corrected chi connectivity index (χ4v) is 5.23. The zero-order valence-electron chi connectivity index (χ0n) is 16.6. The average Bonchev–Trinajstić information content (AvgIpc) is 3.19. The second kappa shape index (κ2) is 8.56. The molecular formula is C23H19F2N3OS2. The van der Waals surface area contributed by atoms with Gasteiger partial charge in [0.2, 0.25) is 0 Å². The number of anilines is 1. The van der Waals surface area contributed by atoms with Crippen molar-refractivity contribution in [2.24, 2.45) is 0 Å². The van der Waals surface area contributed by atoms with E-state index in [0.29, 0.717) is 5.82 Å². The molecule has 2 heterocycles. The second-order valence-electron chi connectivity index (χ2n) is 6.81. The number of benzene rings is 2. The minimum Gasteiger partial charge on any atom is -0.294 e. The molecule has 0 amide bonds. The Morgan fingerprint density at radius 3 is 2.52 bits per heavy atom. The van der Waals surface area contributed by atoms with Crippen LogP contribution in [0.5, 0.6) is 0 Å². The number of thiazole rings is 1. The smallest absolute Gasteiger partial charge is 0.138 e. The van der Waals surface area contributed by atoms with Crippen LogP contribution in [-0.4, -0.2) is 20.0 Å². The number of hydrogen-bond acceptors (Lipinski definition) is 4. The minimum absolute atomic E-state index is 0.248. The normalized spacial score (nSPS) is 13.0. The summed E-state index contributed by atoms with van der Waals surface area (Å²) in [5.74, 6) is 3.28. The first-order chi connectivity index (χ1) is 14.9. The molecule has 1 unspecified atom stereocenters. The zero-order chi connectivity index (χ0) is 22.0. The summed E-state index contributed by atoms with van der Waals surface area (Å²) in [6.07, 6.45) is 2.36. The topological polar surface area (TPSA) is 54.9 Å². The average molecular weight is 456 g/mol. The van der Waals surface area contributed by atoms with Gasteiger partial charge in [-0.15, -0.1) is 11.3 Å². The third-order valence-electron chi connectivity index (χ3n) is 4.56. The van der Waals surface area contributed by atoms with Gasteiger partial charge in [-0.2, -0.15) is 0 Å². The number of halogens is 2. The van der Waals surface area contributed by atoms with Crippen LogP contribution in [0.25, 0.3) is 21.7 Å². The molecule has 0 aliphatic heterocycles. The lowest BCUT2D eigenvalue weighted by Crippen LogP contribution is -2.13. The highest BCUT2D eigenvalue weighted by Gasteiger charge is 2.16. The van der Waals surface area contributed by atoms with E-state index in [-0.39, 0.29) is 10.7 Å². The highest BCUT2D eigenvalue weighted by molar-refractivity contribution is 8.01. The summed E-state index contributed by atoms with van der Waals surface area (Å²) in [7, 11) is -3.01. The van der Waals surface area contributed by atoms with Crippen LogP contribution >= 0.6 is 11.3 Å². The van der Waals surface area contributed by atoms with Crippen molar-refractivity contribution >= 4 is 32.7 Å². The summed E-state index contributed by atoms with van der Waals surface area (Å²) >= 11 is 1.54. The van der Waals surface area contributed by atoms with Gasteiger partial charge in [-0.25, -0.2) is 23.0 Å². The van der Waals surface area contributed by atoms with Gasteiger partial charge in [-0.05, 0) is 72.5 Å². The Kier molecular flexibility index (Phi) is 5.84. The fraction of sp³-hybridized carbons (Fsp3) is 0.0870. The summed E-state index contributed by atoms with van der Waals surface area (Å²) < 4.78 is 42.8. The van der Waals surface area contributed by atoms with Crippen molar-refractivity contribution in [3.63, 3.8) is 0 Å². The predicted molar refractivity (Wildman–Crippen MR) is 124 cm³/mol. The van der Waals surface area contributed by atoms with Crippen LogP contribution in [-0.2, 0) is 16.1 Å². The van der Waals surface area contributed by atoms with Crippen LogP contribution in [0, 0.1) is 11.6 Å². The number of pyridine rings is 1. The first-order valence-electron chi connectivity index (χ1n) is 9.48. The van der Waals surface area contributed by atoms with E-state index in [2.05, 4.69) is 15.6 Å². The van der Waals surface area contributed by atoms with Crippen molar-refractivity contribution in [2.75, 3.05) is 4.72 Å². The second-order valence-corrected chi connectivity index (χ2v) is 9.92. The number of hydrogen-bond donors (Lipinski definition) is 1. The molecule has 2 aromatic carbocycles. The lowest BCUT2D eigenvalue weighted by atomic mass is 10.1. The summed E-state index contributed by atoms with van der Waals surface area (Å²) in [6.45, 7) is 2.02. The largest absolute Gasteiger partial charge is 0.294 e. The number of nitrogens with one attached hydrogen (secondary N) is 1. The quantitative estimate of drug-likeness (QED) is 0.373. The van der Waals surface area contributed by atoms with E-state index < -0.39 is 15.5 Å². The minimum atomic E-state index is -3.01. The molecule has 31 heavy (non-hydrogen) atoms. The van der Waals surface area contributed by atoms with Gasteiger partial charge < -0.3 is 0 Å². The fourth-order valence-electron chi connectivity index (χ4n) is 3.04. The van der Waals surface area contributed by atoms with Crippen molar-refractivity contribution in [1.82, 2.24) is 9.97 Å². The molecule has 0 radical (unpaired) electrons. The van der Waals surface area contributed by atoms with Crippen molar-refractivity contribution < 1.29 is 13.0 Å². The first kappa shape index (κ1) is 21.1. The summed E-state index contributed by atoms with van der Waals surface area (Å²) in [4.78, 5) is 10.1. The predicted octanol–water partition coefficient (Wildman–Crippen LogP) is 5.82. The number of aryl methyl sites for hydroxylation is 1. The van der Waals surface area contributed by atoms with Crippen molar-refractivity contribution in [2.45, 2.75) is 18.2 Å². The molecule has 0 saturated carbocycles. The maximum atomic E-state index is 13.6. The molecular weight excluding hydrogens is 436 g/mol. The van der Waals surface area contributed by atoms with E-state index >= 15 is 0 Å². The van der Waals surface area contributed by atoms with E-state index in [1.165, 1.54) is 41.7 Å². The Labute approximate surface area is 183 Å². The SMILES string of the molecule is C=S(=O)(Nc1cc(-c2sc(CC)nc2-c2ccc(F)cc2)ccn1)c1cccc(F)c1. The molecule has 4 aromatic rings. The number of nitrogens with zero attached hydrogens (tertiary/aromatic N) is 2. The molecule has 4 rings (SSSR count).